The molecule has 0 aliphatic heterocycles. The first-order chi connectivity index (χ1) is 10.5. The van der Waals surface area contributed by atoms with Crippen LogP contribution in [-0.2, 0) is 12.4 Å². The summed E-state index contributed by atoms with van der Waals surface area (Å²) in [4.78, 5) is 11.2. The third-order valence-corrected chi connectivity index (χ3v) is 3.28. The van der Waals surface area contributed by atoms with Crippen molar-refractivity contribution < 1.29 is 31.1 Å². The second kappa shape index (κ2) is 5.88. The molecular weight excluding hydrogens is 346 g/mol. The Morgan fingerprint density at radius 2 is 1.39 bits per heavy atom. The molecule has 1 nitrogen and oxygen atoms in total. The zero-order valence-corrected chi connectivity index (χ0v) is 11.9. The van der Waals surface area contributed by atoms with Gasteiger partial charge in [-0.1, -0.05) is 24.3 Å². The van der Waals surface area contributed by atoms with Crippen molar-refractivity contribution in [2.24, 2.45) is 0 Å². The number of alkyl halides is 6. The Labute approximate surface area is 131 Å². The second-order valence-electron chi connectivity index (χ2n) is 4.58. The number of halogens is 7. The molecule has 8 heteroatoms. The standard InChI is InChI=1S/C15H7ClF6O/c16-13(23)10-7-8(5-6-12(10)15(20,21)22)9-3-1-2-4-11(9)14(17,18)19/h1-7H. The predicted octanol–water partition coefficient (Wildman–Crippen LogP) is 5.77. The first-order valence-electron chi connectivity index (χ1n) is 6.09. The maximum atomic E-state index is 13.0. The van der Waals surface area contributed by atoms with E-state index in [1.807, 2.05) is 0 Å². The van der Waals surface area contributed by atoms with Crippen molar-refractivity contribution in [3.63, 3.8) is 0 Å². The summed E-state index contributed by atoms with van der Waals surface area (Å²) in [6.07, 6.45) is -9.54. The first-order valence-corrected chi connectivity index (χ1v) is 6.47. The van der Waals surface area contributed by atoms with Crippen LogP contribution in [0.3, 0.4) is 0 Å². The Morgan fingerprint density at radius 3 is 1.91 bits per heavy atom. The van der Waals surface area contributed by atoms with Gasteiger partial charge in [-0.15, -0.1) is 0 Å². The molecule has 0 aromatic heterocycles. The lowest BCUT2D eigenvalue weighted by Gasteiger charge is -2.15. The van der Waals surface area contributed by atoms with Crippen molar-refractivity contribution in [2.45, 2.75) is 12.4 Å². The van der Waals surface area contributed by atoms with Crippen LogP contribution >= 0.6 is 11.6 Å². The molecule has 23 heavy (non-hydrogen) atoms. The molecule has 0 amide bonds. The Bertz CT molecular complexity index is 748. The SMILES string of the molecule is O=C(Cl)c1cc(-c2ccccc2C(F)(F)F)ccc1C(F)(F)F. The summed E-state index contributed by atoms with van der Waals surface area (Å²) in [5.74, 6) is 0. The maximum Gasteiger partial charge on any atom is 0.417 e. The smallest absolute Gasteiger partial charge is 0.276 e. The van der Waals surface area contributed by atoms with E-state index in [0.717, 1.165) is 24.3 Å². The highest BCUT2D eigenvalue weighted by Crippen LogP contribution is 2.39. The molecular formula is C15H7ClF6O. The van der Waals surface area contributed by atoms with Crippen LogP contribution in [0.25, 0.3) is 11.1 Å². The van der Waals surface area contributed by atoms with E-state index < -0.39 is 34.3 Å². The number of hydrogen-bond acceptors (Lipinski definition) is 1. The van der Waals surface area contributed by atoms with Crippen LogP contribution in [0.1, 0.15) is 21.5 Å². The lowest BCUT2D eigenvalue weighted by atomic mass is 9.95. The third-order valence-electron chi connectivity index (χ3n) is 3.08. The summed E-state index contributed by atoms with van der Waals surface area (Å²) in [6, 6.07) is 6.50. The van der Waals surface area contributed by atoms with Crippen LogP contribution in [0.2, 0.25) is 0 Å². The number of carbonyl (C=O) groups is 1. The fourth-order valence-electron chi connectivity index (χ4n) is 2.10. The van der Waals surface area contributed by atoms with Gasteiger partial charge in [-0.05, 0) is 40.9 Å². The van der Waals surface area contributed by atoms with Gasteiger partial charge in [0.15, 0.2) is 0 Å². The quantitative estimate of drug-likeness (QED) is 0.495. The Morgan fingerprint density at radius 1 is 0.826 bits per heavy atom. The fourth-order valence-corrected chi connectivity index (χ4v) is 2.26. The van der Waals surface area contributed by atoms with E-state index in [4.69, 9.17) is 11.6 Å². The van der Waals surface area contributed by atoms with Crippen LogP contribution in [0, 0.1) is 0 Å². The highest BCUT2D eigenvalue weighted by Gasteiger charge is 2.36. The molecule has 0 saturated heterocycles. The number of benzene rings is 2. The summed E-state index contributed by atoms with van der Waals surface area (Å²) in [5, 5.41) is -1.40. The van der Waals surface area contributed by atoms with Crippen LogP contribution in [0.5, 0.6) is 0 Å². The number of hydrogen-bond donors (Lipinski definition) is 0. The molecule has 0 atom stereocenters. The van der Waals surface area contributed by atoms with E-state index in [0.29, 0.717) is 12.1 Å². The molecule has 2 aromatic carbocycles. The van der Waals surface area contributed by atoms with Crippen molar-refractivity contribution in [2.75, 3.05) is 0 Å². The first kappa shape index (κ1) is 17.3. The fraction of sp³-hybridized carbons (Fsp3) is 0.133. The Hall–Kier alpha value is -2.02. The van der Waals surface area contributed by atoms with Gasteiger partial charge in [0.25, 0.3) is 5.24 Å². The normalized spacial score (nSPS) is 12.3. The topological polar surface area (TPSA) is 17.1 Å². The summed E-state index contributed by atoms with van der Waals surface area (Å²) in [6.45, 7) is 0. The van der Waals surface area contributed by atoms with Gasteiger partial charge in [0.05, 0.1) is 11.1 Å². The average molecular weight is 353 g/mol. The highest BCUT2D eigenvalue weighted by molar-refractivity contribution is 6.68. The van der Waals surface area contributed by atoms with Gasteiger partial charge < -0.3 is 0 Å². The summed E-state index contributed by atoms with van der Waals surface area (Å²) >= 11 is 5.14. The second-order valence-corrected chi connectivity index (χ2v) is 4.92. The van der Waals surface area contributed by atoms with Gasteiger partial charge in [0.1, 0.15) is 0 Å². The van der Waals surface area contributed by atoms with E-state index >= 15 is 0 Å². The molecule has 2 rings (SSSR count). The van der Waals surface area contributed by atoms with Crippen LogP contribution < -0.4 is 0 Å². The van der Waals surface area contributed by atoms with Crippen LogP contribution in [0.4, 0.5) is 26.3 Å². The van der Waals surface area contributed by atoms with Crippen molar-refractivity contribution >= 4 is 16.8 Å². The van der Waals surface area contributed by atoms with E-state index in [-0.39, 0.29) is 11.1 Å². The lowest BCUT2D eigenvalue weighted by molar-refractivity contribution is -0.138. The molecule has 0 radical (unpaired) electrons. The molecule has 2 aromatic rings. The van der Waals surface area contributed by atoms with E-state index in [1.54, 1.807) is 0 Å². The number of rotatable bonds is 2. The zero-order valence-electron chi connectivity index (χ0n) is 11.1. The lowest BCUT2D eigenvalue weighted by Crippen LogP contribution is -2.11. The molecule has 0 heterocycles. The van der Waals surface area contributed by atoms with E-state index in [9.17, 15) is 31.1 Å². The average Bonchev–Trinajstić information content (AvgIpc) is 2.44. The monoisotopic (exact) mass is 352 g/mol. The zero-order chi connectivity index (χ0) is 17.4. The minimum Gasteiger partial charge on any atom is -0.276 e. The largest absolute Gasteiger partial charge is 0.417 e. The minimum atomic E-state index is -4.85. The molecule has 122 valence electrons. The summed E-state index contributed by atoms with van der Waals surface area (Å²) < 4.78 is 77.4. The molecule has 0 N–H and O–H groups in total. The highest BCUT2D eigenvalue weighted by atomic mass is 35.5. The van der Waals surface area contributed by atoms with Gasteiger partial charge in [-0.3, -0.25) is 4.79 Å². The molecule has 0 fully saturated rings. The van der Waals surface area contributed by atoms with Gasteiger partial charge in [0.2, 0.25) is 0 Å². The molecule has 0 bridgehead atoms. The van der Waals surface area contributed by atoms with Gasteiger partial charge in [-0.2, -0.15) is 26.3 Å². The third kappa shape index (κ3) is 3.67. The molecule has 0 aliphatic carbocycles. The van der Waals surface area contributed by atoms with Gasteiger partial charge >= 0.3 is 12.4 Å². The molecule has 0 spiro atoms. The number of carbonyl (C=O) groups excluding carboxylic acids is 1. The summed E-state index contributed by atoms with van der Waals surface area (Å²) in [5.41, 5.74) is -3.74. The summed E-state index contributed by atoms with van der Waals surface area (Å²) in [7, 11) is 0. The van der Waals surface area contributed by atoms with Crippen molar-refractivity contribution in [1.82, 2.24) is 0 Å². The molecule has 0 aliphatic rings. The Balaban J connectivity index is 2.68. The van der Waals surface area contributed by atoms with Gasteiger partial charge in [-0.25, -0.2) is 0 Å². The minimum absolute atomic E-state index is 0.185. The van der Waals surface area contributed by atoms with Crippen molar-refractivity contribution in [3.8, 4) is 11.1 Å². The van der Waals surface area contributed by atoms with Crippen LogP contribution in [-0.4, -0.2) is 5.24 Å². The van der Waals surface area contributed by atoms with Crippen LogP contribution in [0.15, 0.2) is 42.5 Å². The predicted molar refractivity (Wildman–Crippen MR) is 72.1 cm³/mol. The van der Waals surface area contributed by atoms with Crippen molar-refractivity contribution in [1.29, 1.82) is 0 Å². The van der Waals surface area contributed by atoms with E-state index in [2.05, 4.69) is 0 Å². The van der Waals surface area contributed by atoms with E-state index in [1.165, 1.54) is 6.07 Å². The van der Waals surface area contributed by atoms with Crippen molar-refractivity contribution in [3.05, 3.63) is 59.2 Å². The molecule has 0 unspecified atom stereocenters. The molecule has 0 saturated carbocycles. The Kier molecular flexibility index (Phi) is 4.43. The van der Waals surface area contributed by atoms with Gasteiger partial charge in [0, 0.05) is 5.56 Å². The maximum absolute atomic E-state index is 13.0.